The van der Waals surface area contributed by atoms with Gasteiger partial charge in [-0.1, -0.05) is 43.3 Å². The first-order chi connectivity index (χ1) is 36.6. The van der Waals surface area contributed by atoms with E-state index in [2.05, 4.69) is 41.4 Å². The van der Waals surface area contributed by atoms with E-state index in [1.165, 1.54) is 0 Å². The number of aliphatic imine (C=N–C) groups is 1. The predicted molar refractivity (Wildman–Crippen MR) is 293 cm³/mol. The number of carbonyl (C=O) groups is 3. The van der Waals surface area contributed by atoms with Gasteiger partial charge in [0.15, 0.2) is 23.0 Å². The number of para-hydroxylation sites is 2. The first-order valence-corrected chi connectivity index (χ1v) is 26.8. The third-order valence-electron chi connectivity index (χ3n) is 14.1. The molecule has 5 aromatic carbocycles. The minimum Gasteiger partial charge on any atom is -0.493 e. The highest BCUT2D eigenvalue weighted by molar-refractivity contribution is 7.99. The topological polar surface area (TPSA) is 170 Å². The molecule has 4 aliphatic rings. The van der Waals surface area contributed by atoms with E-state index in [0.29, 0.717) is 111 Å². The first-order valence-electron chi connectivity index (χ1n) is 25.7. The molecule has 5 aromatic rings. The molecule has 0 aromatic heterocycles. The van der Waals surface area contributed by atoms with Crippen molar-refractivity contribution < 1.29 is 52.6 Å². The Morgan fingerprint density at radius 3 is 2.08 bits per heavy atom. The van der Waals surface area contributed by atoms with Crippen LogP contribution >= 0.6 is 11.8 Å². The summed E-state index contributed by atoms with van der Waals surface area (Å²) in [6.07, 6.45) is 3.03. The largest absolute Gasteiger partial charge is 0.493 e. The number of ether oxygens (including phenoxy) is 7. The zero-order valence-electron chi connectivity index (χ0n) is 43.4. The van der Waals surface area contributed by atoms with Gasteiger partial charge in [0, 0.05) is 79.7 Å². The molecule has 2 N–H and O–H groups in total. The highest BCUT2D eigenvalue weighted by atomic mass is 32.2. The lowest BCUT2D eigenvalue weighted by atomic mass is 10.1. The van der Waals surface area contributed by atoms with E-state index >= 15 is 0 Å². The Kier molecular flexibility index (Phi) is 17.5. The summed E-state index contributed by atoms with van der Waals surface area (Å²) in [4.78, 5) is 51.0. The van der Waals surface area contributed by atoms with Crippen LogP contribution in [0.15, 0.2) is 96.0 Å². The van der Waals surface area contributed by atoms with E-state index in [-0.39, 0.29) is 48.8 Å². The Bertz CT molecular complexity index is 2900. The molecule has 16 nitrogen and oxygen atoms in total. The number of nitrogens with one attached hydrogen (secondary N) is 1. The third-order valence-corrected chi connectivity index (χ3v) is 15.6. The van der Waals surface area contributed by atoms with E-state index in [1.54, 1.807) is 51.3 Å². The van der Waals surface area contributed by atoms with E-state index in [1.807, 2.05) is 65.3 Å². The number of carbonyl (C=O) groups excluding carboxylic acids is 2. The lowest BCUT2D eigenvalue weighted by Crippen LogP contribution is -2.40. The molecule has 17 heteroatoms. The van der Waals surface area contributed by atoms with Gasteiger partial charge < -0.3 is 53.4 Å². The number of benzene rings is 5. The maximum absolute atomic E-state index is 14.3. The summed E-state index contributed by atoms with van der Waals surface area (Å²) in [5.41, 5.74) is 9.67. The van der Waals surface area contributed by atoms with Crippen molar-refractivity contribution in [1.29, 1.82) is 0 Å². The minimum atomic E-state index is -0.798. The molecule has 396 valence electrons. The van der Waals surface area contributed by atoms with E-state index in [9.17, 15) is 19.5 Å². The SMILES string of the molecule is CCC(CN(CCOCCOCCOC)c1cc(COc2cc3c(cc2OC)C(=O)N2c4ccccc4CC2C(C)=N3)cc(COc2cc3c(cc2OC)C(=O)N2c4ccccc4CC2CN3)c1)SCCCC(=O)O. The lowest BCUT2D eigenvalue weighted by Gasteiger charge is -2.30. The summed E-state index contributed by atoms with van der Waals surface area (Å²) in [7, 11) is 4.78. The number of thioether (sulfide) groups is 1. The maximum Gasteiger partial charge on any atom is 0.303 e. The normalized spacial score (nSPS) is 16.5. The number of hydrogen-bond donors (Lipinski definition) is 2. The number of carboxylic acids is 1. The van der Waals surface area contributed by atoms with Crippen LogP contribution in [0.25, 0.3) is 0 Å². The number of methoxy groups -OCH3 is 3. The second kappa shape index (κ2) is 24.7. The van der Waals surface area contributed by atoms with Gasteiger partial charge in [-0.2, -0.15) is 11.8 Å². The number of aliphatic carboxylic acids is 1. The van der Waals surface area contributed by atoms with E-state index < -0.39 is 5.97 Å². The van der Waals surface area contributed by atoms with Gasteiger partial charge in [-0.25, -0.2) is 0 Å². The maximum atomic E-state index is 14.3. The lowest BCUT2D eigenvalue weighted by molar-refractivity contribution is -0.137. The molecule has 0 saturated heterocycles. The molecule has 3 unspecified atom stereocenters. The molecule has 4 aliphatic heterocycles. The van der Waals surface area contributed by atoms with Crippen LogP contribution in [-0.2, 0) is 45.1 Å². The molecule has 0 spiro atoms. The number of carboxylic acid groups (broad SMARTS) is 1. The molecule has 3 atom stereocenters. The summed E-state index contributed by atoms with van der Waals surface area (Å²) in [6, 6.07) is 29.2. The van der Waals surface area contributed by atoms with Crippen LogP contribution in [-0.4, -0.2) is 126 Å². The van der Waals surface area contributed by atoms with Crippen molar-refractivity contribution in [3.63, 3.8) is 0 Å². The second-order valence-electron chi connectivity index (χ2n) is 19.0. The number of nitrogens with zero attached hydrogens (tertiary/aromatic N) is 4. The Balaban J connectivity index is 1.01. The molecule has 0 fully saturated rings. The average Bonchev–Trinajstić information content (AvgIpc) is 3.95. The van der Waals surface area contributed by atoms with Crippen LogP contribution in [0, 0.1) is 0 Å². The van der Waals surface area contributed by atoms with Crippen LogP contribution in [0.1, 0.15) is 76.1 Å². The monoisotopic (exact) mass is 1040 g/mol. The molecule has 0 bridgehead atoms. The fourth-order valence-corrected chi connectivity index (χ4v) is 11.4. The van der Waals surface area contributed by atoms with Gasteiger partial charge in [0.1, 0.15) is 13.2 Å². The minimum absolute atomic E-state index is 0.0277. The summed E-state index contributed by atoms with van der Waals surface area (Å²) in [6.45, 7) is 8.48. The Morgan fingerprint density at radius 2 is 1.40 bits per heavy atom. The van der Waals surface area contributed by atoms with E-state index in [0.717, 1.165) is 63.6 Å². The molecular weight excluding hydrogens is 975 g/mol. The number of anilines is 4. The first kappa shape index (κ1) is 53.1. The van der Waals surface area contributed by atoms with Gasteiger partial charge in [0.05, 0.1) is 81.8 Å². The van der Waals surface area contributed by atoms with Gasteiger partial charge >= 0.3 is 5.97 Å². The zero-order chi connectivity index (χ0) is 52.4. The van der Waals surface area contributed by atoms with Crippen molar-refractivity contribution in [3.8, 4) is 23.0 Å². The molecule has 75 heavy (non-hydrogen) atoms. The summed E-state index contributed by atoms with van der Waals surface area (Å²) in [5, 5.41) is 13.1. The van der Waals surface area contributed by atoms with E-state index in [4.69, 9.17) is 38.2 Å². The van der Waals surface area contributed by atoms with Crippen molar-refractivity contribution in [2.75, 3.05) is 99.8 Å². The number of amides is 2. The average molecular weight is 1040 g/mol. The molecule has 2 amide bonds. The standard InChI is InChI=1S/C58H67N5O11S/c1-6-44(75-23-11-16-56(64)65)34-61(17-18-71-21-22-72-20-19-68-3)42-25-38(35-73-54-31-47-45(29-52(54)69-4)57(66)62-43(33-59-47)27-40-12-7-9-14-49(40)62)24-39(26-42)36-74-55-32-48-46(30-53(55)70-5)58(67)63-50-15-10-8-13-41(50)28-51(63)37(2)60-48/h7-10,12-15,24-26,29-32,43-44,51,59H,6,11,16-23,27-28,33-36H2,1-5H3,(H,64,65). The Labute approximate surface area is 443 Å². The van der Waals surface area contributed by atoms with Crippen molar-refractivity contribution in [3.05, 3.63) is 124 Å². The van der Waals surface area contributed by atoms with Crippen molar-refractivity contribution in [1.82, 2.24) is 0 Å². The number of hydrogen-bond acceptors (Lipinski definition) is 14. The molecule has 0 aliphatic carbocycles. The highest BCUT2D eigenvalue weighted by Crippen LogP contribution is 2.44. The van der Waals surface area contributed by atoms with Crippen molar-refractivity contribution in [2.45, 2.75) is 76.5 Å². The molecule has 0 saturated carbocycles. The van der Waals surface area contributed by atoms with Gasteiger partial charge in [0.25, 0.3) is 11.8 Å². The molecular formula is C58H67N5O11S. The van der Waals surface area contributed by atoms with Gasteiger partial charge in [-0.15, -0.1) is 0 Å². The van der Waals surface area contributed by atoms with Gasteiger partial charge in [-0.05, 0) is 96.7 Å². The Morgan fingerprint density at radius 1 is 0.773 bits per heavy atom. The van der Waals surface area contributed by atoms with Crippen molar-refractivity contribution >= 4 is 63.7 Å². The van der Waals surface area contributed by atoms with Crippen LogP contribution in [0.4, 0.5) is 28.4 Å². The summed E-state index contributed by atoms with van der Waals surface area (Å²) in [5.74, 6) is 1.45. The molecule has 9 rings (SSSR count). The van der Waals surface area contributed by atoms with Crippen LogP contribution < -0.4 is 39.0 Å². The molecule has 4 heterocycles. The van der Waals surface area contributed by atoms with Gasteiger partial charge in [0.2, 0.25) is 0 Å². The highest BCUT2D eigenvalue weighted by Gasteiger charge is 2.40. The predicted octanol–water partition coefficient (Wildman–Crippen LogP) is 9.40. The van der Waals surface area contributed by atoms with Crippen LogP contribution in [0.2, 0.25) is 0 Å². The van der Waals surface area contributed by atoms with Crippen molar-refractivity contribution in [2.24, 2.45) is 4.99 Å². The fraction of sp³-hybridized carbons (Fsp3) is 0.414. The number of rotatable bonds is 26. The number of fused-ring (bicyclic) bond motifs is 8. The molecule has 0 radical (unpaired) electrons. The quantitative estimate of drug-likeness (QED) is 0.0502. The Hall–Kier alpha value is -6.79. The zero-order valence-corrected chi connectivity index (χ0v) is 44.2. The summed E-state index contributed by atoms with van der Waals surface area (Å²) >= 11 is 1.78. The van der Waals surface area contributed by atoms with Crippen LogP contribution in [0.3, 0.4) is 0 Å². The summed E-state index contributed by atoms with van der Waals surface area (Å²) < 4.78 is 42.0. The third kappa shape index (κ3) is 12.2. The smallest absolute Gasteiger partial charge is 0.303 e. The second-order valence-corrected chi connectivity index (χ2v) is 20.4. The fourth-order valence-electron chi connectivity index (χ4n) is 10.3. The van der Waals surface area contributed by atoms with Crippen LogP contribution in [0.5, 0.6) is 23.0 Å². The van der Waals surface area contributed by atoms with Gasteiger partial charge in [-0.3, -0.25) is 24.3 Å².